The van der Waals surface area contributed by atoms with E-state index in [0.717, 1.165) is 5.56 Å². The number of hydrogen-bond donors (Lipinski definition) is 1. The average molecular weight is 486 g/mol. The fourth-order valence-corrected chi connectivity index (χ4v) is 4.26. The van der Waals surface area contributed by atoms with Crippen molar-refractivity contribution in [2.45, 2.75) is 26.3 Å². The first-order valence-corrected chi connectivity index (χ1v) is 11.8. The summed E-state index contributed by atoms with van der Waals surface area (Å²) in [4.78, 5) is 39.8. The monoisotopic (exact) mass is 485 g/mol. The molecule has 0 saturated carbocycles. The third-order valence-electron chi connectivity index (χ3n) is 5.85. The number of esters is 1. The molecule has 3 aromatic carbocycles. The van der Waals surface area contributed by atoms with Crippen LogP contribution in [0.15, 0.2) is 84.4 Å². The van der Waals surface area contributed by atoms with E-state index in [1.54, 1.807) is 55.5 Å². The molecule has 0 aromatic heterocycles. The molecule has 1 N–H and O–H groups in total. The van der Waals surface area contributed by atoms with E-state index in [2.05, 4.69) is 0 Å². The molecular formula is C29H27NO6. The molecule has 0 bridgehead atoms. The van der Waals surface area contributed by atoms with Crippen LogP contribution in [-0.4, -0.2) is 36.0 Å². The predicted molar refractivity (Wildman–Crippen MR) is 136 cm³/mol. The number of ether oxygens (including phenoxy) is 2. The summed E-state index contributed by atoms with van der Waals surface area (Å²) < 4.78 is 10.5. The number of rotatable bonds is 8. The summed E-state index contributed by atoms with van der Waals surface area (Å²) in [5, 5.41) is 11.3. The van der Waals surface area contributed by atoms with Crippen LogP contribution in [0.4, 0.5) is 5.69 Å². The number of hydrogen-bond acceptors (Lipinski definition) is 6. The molecule has 4 rings (SSSR count). The van der Waals surface area contributed by atoms with Crippen LogP contribution in [0.5, 0.6) is 5.75 Å². The van der Waals surface area contributed by atoms with Gasteiger partial charge in [0, 0.05) is 11.3 Å². The summed E-state index contributed by atoms with van der Waals surface area (Å²) >= 11 is 0. The number of amides is 1. The molecule has 36 heavy (non-hydrogen) atoms. The summed E-state index contributed by atoms with van der Waals surface area (Å²) in [5.74, 6) is -1.60. The van der Waals surface area contributed by atoms with Crippen LogP contribution in [0.25, 0.3) is 5.76 Å². The summed E-state index contributed by atoms with van der Waals surface area (Å²) in [6, 6.07) is 21.8. The summed E-state index contributed by atoms with van der Waals surface area (Å²) in [6.45, 7) is 4.34. The zero-order valence-electron chi connectivity index (χ0n) is 20.1. The Labute approximate surface area is 209 Å². The number of Topliss-reactive ketones (excluding diaryl/α,β-unsaturated/α-hetero) is 1. The van der Waals surface area contributed by atoms with Gasteiger partial charge in [0.15, 0.2) is 0 Å². The highest BCUT2D eigenvalue weighted by Crippen LogP contribution is 2.42. The van der Waals surface area contributed by atoms with Gasteiger partial charge in [-0.3, -0.25) is 19.3 Å². The lowest BCUT2D eigenvalue weighted by molar-refractivity contribution is -0.142. The molecule has 7 nitrogen and oxygen atoms in total. The summed E-state index contributed by atoms with van der Waals surface area (Å²) in [6.07, 6.45) is 0.102. The van der Waals surface area contributed by atoms with Gasteiger partial charge in [0.25, 0.3) is 11.7 Å². The second-order valence-electron chi connectivity index (χ2n) is 8.19. The lowest BCUT2D eigenvalue weighted by Crippen LogP contribution is -2.29. The van der Waals surface area contributed by atoms with Gasteiger partial charge in [0.1, 0.15) is 11.5 Å². The Balaban J connectivity index is 1.79. The number of carbonyl (C=O) groups is 3. The van der Waals surface area contributed by atoms with Gasteiger partial charge >= 0.3 is 5.97 Å². The van der Waals surface area contributed by atoms with Gasteiger partial charge in [-0.25, -0.2) is 0 Å². The molecule has 3 aromatic rings. The Hall–Kier alpha value is -4.39. The maximum atomic E-state index is 13.3. The molecular weight excluding hydrogens is 458 g/mol. The van der Waals surface area contributed by atoms with Gasteiger partial charge in [-0.1, -0.05) is 54.6 Å². The molecule has 184 valence electrons. The lowest BCUT2D eigenvalue weighted by Gasteiger charge is -2.25. The number of carbonyl (C=O) groups excluding carboxylic acids is 3. The number of anilines is 1. The van der Waals surface area contributed by atoms with Crippen molar-refractivity contribution in [1.29, 1.82) is 0 Å². The van der Waals surface area contributed by atoms with Gasteiger partial charge in [-0.15, -0.1) is 0 Å². The van der Waals surface area contributed by atoms with Crippen LogP contribution >= 0.6 is 0 Å². The number of ketones is 1. The Bertz CT molecular complexity index is 1300. The van der Waals surface area contributed by atoms with Crippen molar-refractivity contribution in [3.63, 3.8) is 0 Å². The average Bonchev–Trinajstić information content (AvgIpc) is 3.15. The standard InChI is InChI=1S/C29H27NO6/c1-3-35-23-12-8-11-21(18-23)27(32)25-26(20-9-6-5-7-10-20)30(29(34)28(25)33)22-15-13-19(14-16-22)17-24(31)36-4-2/h5-16,18,26,32H,3-4,17H2,1-2H3/b27-25-. The van der Waals surface area contributed by atoms with Crippen LogP contribution in [0.3, 0.4) is 0 Å². The lowest BCUT2D eigenvalue weighted by atomic mass is 9.95. The van der Waals surface area contributed by atoms with E-state index in [9.17, 15) is 19.5 Å². The van der Waals surface area contributed by atoms with E-state index >= 15 is 0 Å². The van der Waals surface area contributed by atoms with E-state index in [0.29, 0.717) is 35.8 Å². The van der Waals surface area contributed by atoms with Crippen molar-refractivity contribution in [2.24, 2.45) is 0 Å². The molecule has 1 unspecified atom stereocenters. The fraction of sp³-hybridized carbons (Fsp3) is 0.207. The molecule has 0 radical (unpaired) electrons. The minimum absolute atomic E-state index is 0.00421. The van der Waals surface area contributed by atoms with Crippen molar-refractivity contribution in [1.82, 2.24) is 0 Å². The Morgan fingerprint density at radius 1 is 0.917 bits per heavy atom. The van der Waals surface area contributed by atoms with Crippen molar-refractivity contribution in [3.05, 3.63) is 101 Å². The molecule has 1 aliphatic heterocycles. The van der Waals surface area contributed by atoms with Gasteiger partial charge < -0.3 is 14.6 Å². The van der Waals surface area contributed by atoms with Gasteiger partial charge in [-0.05, 0) is 49.2 Å². The van der Waals surface area contributed by atoms with Crippen molar-refractivity contribution < 1.29 is 29.0 Å². The van der Waals surface area contributed by atoms with E-state index in [1.807, 2.05) is 37.3 Å². The topological polar surface area (TPSA) is 93.1 Å². The molecule has 1 saturated heterocycles. The van der Waals surface area contributed by atoms with E-state index in [1.165, 1.54) is 4.90 Å². The first-order valence-electron chi connectivity index (χ1n) is 11.8. The highest BCUT2D eigenvalue weighted by Gasteiger charge is 2.46. The van der Waals surface area contributed by atoms with E-state index < -0.39 is 17.7 Å². The molecule has 1 fully saturated rings. The van der Waals surface area contributed by atoms with E-state index in [4.69, 9.17) is 9.47 Å². The Morgan fingerprint density at radius 3 is 2.31 bits per heavy atom. The highest BCUT2D eigenvalue weighted by molar-refractivity contribution is 6.51. The number of nitrogens with zero attached hydrogens (tertiary/aromatic N) is 1. The Kier molecular flexibility index (Phi) is 7.49. The van der Waals surface area contributed by atoms with E-state index in [-0.39, 0.29) is 23.7 Å². The van der Waals surface area contributed by atoms with Crippen molar-refractivity contribution in [3.8, 4) is 5.75 Å². The third-order valence-corrected chi connectivity index (χ3v) is 5.85. The summed E-state index contributed by atoms with van der Waals surface area (Å²) in [5.41, 5.74) is 2.24. The summed E-state index contributed by atoms with van der Waals surface area (Å²) in [7, 11) is 0. The normalized spacial score (nSPS) is 16.7. The third kappa shape index (κ3) is 5.00. The second kappa shape index (κ2) is 10.9. The molecule has 1 aliphatic rings. The van der Waals surface area contributed by atoms with Crippen LogP contribution in [0.1, 0.15) is 36.6 Å². The first-order chi connectivity index (χ1) is 17.4. The highest BCUT2D eigenvalue weighted by atomic mass is 16.5. The molecule has 0 spiro atoms. The predicted octanol–water partition coefficient (Wildman–Crippen LogP) is 4.82. The van der Waals surface area contributed by atoms with Crippen LogP contribution in [0.2, 0.25) is 0 Å². The van der Waals surface area contributed by atoms with Crippen LogP contribution in [0, 0.1) is 0 Å². The molecule has 1 amide bonds. The largest absolute Gasteiger partial charge is 0.507 e. The second-order valence-corrected chi connectivity index (χ2v) is 8.19. The van der Waals surface area contributed by atoms with Crippen LogP contribution < -0.4 is 9.64 Å². The quantitative estimate of drug-likeness (QED) is 0.213. The maximum Gasteiger partial charge on any atom is 0.310 e. The molecule has 1 atom stereocenters. The zero-order chi connectivity index (χ0) is 25.7. The maximum absolute atomic E-state index is 13.3. The minimum Gasteiger partial charge on any atom is -0.507 e. The van der Waals surface area contributed by atoms with Gasteiger partial charge in [-0.2, -0.15) is 0 Å². The minimum atomic E-state index is -0.835. The molecule has 1 heterocycles. The van der Waals surface area contributed by atoms with Crippen LogP contribution in [-0.2, 0) is 25.5 Å². The first kappa shape index (κ1) is 24.7. The smallest absolute Gasteiger partial charge is 0.310 e. The zero-order valence-corrected chi connectivity index (χ0v) is 20.1. The van der Waals surface area contributed by atoms with Gasteiger partial charge in [0.05, 0.1) is 31.2 Å². The number of benzene rings is 3. The SMILES string of the molecule is CCOC(=O)Cc1ccc(N2C(=O)C(=O)/C(=C(\O)c3cccc(OCC)c3)C2c2ccccc2)cc1. The number of aliphatic hydroxyl groups is 1. The van der Waals surface area contributed by atoms with Crippen molar-refractivity contribution in [2.75, 3.05) is 18.1 Å². The van der Waals surface area contributed by atoms with Gasteiger partial charge in [0.2, 0.25) is 0 Å². The molecule has 0 aliphatic carbocycles. The van der Waals surface area contributed by atoms with Crippen molar-refractivity contribution >= 4 is 29.1 Å². The number of aliphatic hydroxyl groups excluding tert-OH is 1. The molecule has 7 heteroatoms. The Morgan fingerprint density at radius 2 is 1.64 bits per heavy atom. The fourth-order valence-electron chi connectivity index (χ4n) is 4.26.